The third-order valence-electron chi connectivity index (χ3n) is 3.23. The zero-order chi connectivity index (χ0) is 13.8. The van der Waals surface area contributed by atoms with Crippen LogP contribution >= 0.6 is 0 Å². The maximum atomic E-state index is 12.2. The molecule has 1 heterocycles. The smallest absolute Gasteiger partial charge is 0.327 e. The van der Waals surface area contributed by atoms with Crippen molar-refractivity contribution in [1.82, 2.24) is 5.32 Å². The molecule has 0 saturated carbocycles. The minimum atomic E-state index is -0.958. The summed E-state index contributed by atoms with van der Waals surface area (Å²) >= 11 is 0. The normalized spacial score (nSPS) is 17.3. The van der Waals surface area contributed by atoms with Gasteiger partial charge in [0.1, 0.15) is 6.04 Å². The number of aliphatic carboxylic acids is 1. The minimum absolute atomic E-state index is 0.173. The number of carboxylic acids is 1. The highest BCUT2D eigenvalue weighted by molar-refractivity contribution is 6.02. The van der Waals surface area contributed by atoms with Crippen LogP contribution in [0.15, 0.2) is 24.3 Å². The second-order valence-corrected chi connectivity index (χ2v) is 4.63. The van der Waals surface area contributed by atoms with Crippen molar-refractivity contribution >= 4 is 17.6 Å². The van der Waals surface area contributed by atoms with Gasteiger partial charge in [-0.05, 0) is 24.6 Å². The number of carbonyl (C=O) groups excluding carboxylic acids is 1. The quantitative estimate of drug-likeness (QED) is 0.778. The van der Waals surface area contributed by atoms with Crippen molar-refractivity contribution in [1.29, 1.82) is 0 Å². The van der Waals surface area contributed by atoms with Gasteiger partial charge in [0.05, 0.1) is 6.54 Å². The second kappa shape index (κ2) is 5.84. The van der Waals surface area contributed by atoms with Gasteiger partial charge in [0.15, 0.2) is 0 Å². The number of carboxylic acid groups (broad SMARTS) is 1. The predicted molar refractivity (Wildman–Crippen MR) is 72.2 cm³/mol. The molecular weight excluding hydrogens is 244 g/mol. The highest BCUT2D eigenvalue weighted by Gasteiger charge is 2.37. The van der Waals surface area contributed by atoms with E-state index in [2.05, 4.69) is 5.32 Å². The molecule has 0 radical (unpaired) electrons. The van der Waals surface area contributed by atoms with Crippen LogP contribution in [0.5, 0.6) is 0 Å². The molecule has 1 aliphatic rings. The summed E-state index contributed by atoms with van der Waals surface area (Å²) in [5.41, 5.74) is 1.64. The Morgan fingerprint density at radius 3 is 2.84 bits per heavy atom. The average Bonchev–Trinajstić information content (AvgIpc) is 2.78. The molecule has 0 bridgehead atoms. The van der Waals surface area contributed by atoms with Crippen molar-refractivity contribution in [2.45, 2.75) is 25.8 Å². The van der Waals surface area contributed by atoms with E-state index >= 15 is 0 Å². The van der Waals surface area contributed by atoms with Crippen LogP contribution in [0.25, 0.3) is 0 Å². The van der Waals surface area contributed by atoms with E-state index in [9.17, 15) is 14.7 Å². The molecule has 0 spiro atoms. The third-order valence-corrected chi connectivity index (χ3v) is 3.23. The van der Waals surface area contributed by atoms with Crippen molar-refractivity contribution in [3.05, 3.63) is 29.8 Å². The van der Waals surface area contributed by atoms with E-state index < -0.39 is 12.0 Å². The molecule has 0 saturated heterocycles. The van der Waals surface area contributed by atoms with E-state index in [0.29, 0.717) is 6.42 Å². The van der Waals surface area contributed by atoms with Crippen LogP contribution in [-0.2, 0) is 16.0 Å². The lowest BCUT2D eigenvalue weighted by Gasteiger charge is -2.22. The Kier molecular flexibility index (Phi) is 4.16. The summed E-state index contributed by atoms with van der Waals surface area (Å²) in [5.74, 6) is -1.15. The molecule has 2 N–H and O–H groups in total. The van der Waals surface area contributed by atoms with Gasteiger partial charge in [0.25, 0.3) is 0 Å². The molecule has 1 amide bonds. The summed E-state index contributed by atoms with van der Waals surface area (Å²) in [6.07, 6.45) is 1.32. The summed E-state index contributed by atoms with van der Waals surface area (Å²) in [7, 11) is 0. The molecule has 0 fully saturated rings. The first-order valence-corrected chi connectivity index (χ1v) is 6.48. The van der Waals surface area contributed by atoms with Gasteiger partial charge in [-0.3, -0.25) is 9.69 Å². The number of amides is 1. The lowest BCUT2D eigenvalue weighted by Crippen LogP contribution is -2.46. The lowest BCUT2D eigenvalue weighted by molar-refractivity contribution is -0.139. The maximum Gasteiger partial charge on any atom is 0.327 e. The molecule has 5 heteroatoms. The number of rotatable bonds is 5. The summed E-state index contributed by atoms with van der Waals surface area (Å²) in [6, 6.07) is 6.58. The first-order chi connectivity index (χ1) is 9.15. The first kappa shape index (κ1) is 13.5. The zero-order valence-electron chi connectivity index (χ0n) is 10.9. The standard InChI is InChI=1S/C14H18N2O3/c1-2-7-15-9-13(17)16-11-6-4-3-5-10(11)8-12(16)14(18)19/h3-6,12,15H,2,7-9H2,1H3,(H,18,19)/t12-/m0/s1. The van der Waals surface area contributed by atoms with Crippen LogP contribution in [0.2, 0.25) is 0 Å². The van der Waals surface area contributed by atoms with Crippen molar-refractivity contribution in [2.75, 3.05) is 18.0 Å². The van der Waals surface area contributed by atoms with Crippen LogP contribution in [0.4, 0.5) is 5.69 Å². The molecular formula is C14H18N2O3. The van der Waals surface area contributed by atoms with Crippen LogP contribution in [-0.4, -0.2) is 36.1 Å². The van der Waals surface area contributed by atoms with Gasteiger partial charge in [-0.15, -0.1) is 0 Å². The molecule has 1 aromatic carbocycles. The van der Waals surface area contributed by atoms with Crippen LogP contribution in [0, 0.1) is 0 Å². The Balaban J connectivity index is 2.19. The monoisotopic (exact) mass is 262 g/mol. The van der Waals surface area contributed by atoms with E-state index in [1.54, 1.807) is 6.07 Å². The fraction of sp³-hybridized carbons (Fsp3) is 0.429. The third kappa shape index (κ3) is 2.76. The Labute approximate surface area is 112 Å². The molecule has 102 valence electrons. The second-order valence-electron chi connectivity index (χ2n) is 4.63. The highest BCUT2D eigenvalue weighted by atomic mass is 16.4. The SMILES string of the molecule is CCCNCC(=O)N1c2ccccc2C[C@H]1C(=O)O. The van der Waals surface area contributed by atoms with E-state index in [1.807, 2.05) is 25.1 Å². The van der Waals surface area contributed by atoms with Crippen LogP contribution in [0.3, 0.4) is 0 Å². The zero-order valence-corrected chi connectivity index (χ0v) is 10.9. The molecule has 1 atom stereocenters. The van der Waals surface area contributed by atoms with Crippen LogP contribution < -0.4 is 10.2 Å². The molecule has 0 aliphatic carbocycles. The van der Waals surface area contributed by atoms with E-state index in [1.165, 1.54) is 4.90 Å². The topological polar surface area (TPSA) is 69.6 Å². The molecule has 0 aromatic heterocycles. The molecule has 19 heavy (non-hydrogen) atoms. The van der Waals surface area contributed by atoms with E-state index in [4.69, 9.17) is 0 Å². The number of hydrogen-bond donors (Lipinski definition) is 2. The molecule has 0 unspecified atom stereocenters. The van der Waals surface area contributed by atoms with Gasteiger partial charge in [-0.2, -0.15) is 0 Å². The van der Waals surface area contributed by atoms with E-state index in [0.717, 1.165) is 24.2 Å². The van der Waals surface area contributed by atoms with Gasteiger partial charge >= 0.3 is 5.97 Å². The number of hydrogen-bond acceptors (Lipinski definition) is 3. The fourth-order valence-corrected chi connectivity index (χ4v) is 2.35. The first-order valence-electron chi connectivity index (χ1n) is 6.48. The number of benzene rings is 1. The molecule has 1 aromatic rings. The van der Waals surface area contributed by atoms with Crippen molar-refractivity contribution in [2.24, 2.45) is 0 Å². The minimum Gasteiger partial charge on any atom is -0.480 e. The summed E-state index contributed by atoms with van der Waals surface area (Å²) in [4.78, 5) is 24.9. The van der Waals surface area contributed by atoms with Crippen molar-refractivity contribution in [3.63, 3.8) is 0 Å². The molecule has 2 rings (SSSR count). The van der Waals surface area contributed by atoms with Gasteiger partial charge in [0.2, 0.25) is 5.91 Å². The average molecular weight is 262 g/mol. The number of nitrogens with one attached hydrogen (secondary N) is 1. The molecule has 1 aliphatic heterocycles. The van der Waals surface area contributed by atoms with Gasteiger partial charge in [-0.1, -0.05) is 25.1 Å². The fourth-order valence-electron chi connectivity index (χ4n) is 2.35. The number of fused-ring (bicyclic) bond motifs is 1. The summed E-state index contributed by atoms with van der Waals surface area (Å²) in [5, 5.41) is 12.3. The van der Waals surface area contributed by atoms with Crippen molar-refractivity contribution in [3.8, 4) is 0 Å². The summed E-state index contributed by atoms with van der Waals surface area (Å²) in [6.45, 7) is 2.94. The summed E-state index contributed by atoms with van der Waals surface area (Å²) < 4.78 is 0. The number of carbonyl (C=O) groups is 2. The molecule has 5 nitrogen and oxygen atoms in total. The highest BCUT2D eigenvalue weighted by Crippen LogP contribution is 2.32. The van der Waals surface area contributed by atoms with Crippen molar-refractivity contribution < 1.29 is 14.7 Å². The Hall–Kier alpha value is -1.88. The lowest BCUT2D eigenvalue weighted by atomic mass is 10.1. The Bertz CT molecular complexity index is 487. The van der Waals surface area contributed by atoms with E-state index in [-0.39, 0.29) is 12.5 Å². The number of nitrogens with zero attached hydrogens (tertiary/aromatic N) is 1. The number of anilines is 1. The maximum absolute atomic E-state index is 12.2. The van der Waals surface area contributed by atoms with Gasteiger partial charge < -0.3 is 10.4 Å². The Morgan fingerprint density at radius 1 is 1.42 bits per heavy atom. The van der Waals surface area contributed by atoms with Crippen LogP contribution in [0.1, 0.15) is 18.9 Å². The largest absolute Gasteiger partial charge is 0.480 e. The predicted octanol–water partition coefficient (Wildman–Crippen LogP) is 1.03. The van der Waals surface area contributed by atoms with Gasteiger partial charge in [-0.25, -0.2) is 4.79 Å². The number of para-hydroxylation sites is 1. The Morgan fingerprint density at radius 2 is 2.16 bits per heavy atom. The van der Waals surface area contributed by atoms with Gasteiger partial charge in [0, 0.05) is 12.1 Å².